The van der Waals surface area contributed by atoms with E-state index < -0.39 is 5.54 Å². The first-order valence-corrected chi connectivity index (χ1v) is 10.5. The van der Waals surface area contributed by atoms with Crippen molar-refractivity contribution >= 4 is 34.4 Å². The maximum Gasteiger partial charge on any atom is 0.224 e. The molecule has 0 aliphatic heterocycles. The number of carbonyl (C=O) groups excluding carboxylic acids is 1. The third-order valence-electron chi connectivity index (χ3n) is 5.73. The molecule has 2 N–H and O–H groups in total. The van der Waals surface area contributed by atoms with Crippen LogP contribution in [0.25, 0.3) is 22.3 Å². The van der Waals surface area contributed by atoms with Crippen LogP contribution in [-0.2, 0) is 4.79 Å². The highest BCUT2D eigenvalue weighted by atomic mass is 35.5. The molecule has 3 heterocycles. The highest BCUT2D eigenvalue weighted by molar-refractivity contribution is 6.31. The van der Waals surface area contributed by atoms with E-state index in [1.807, 2.05) is 13.8 Å². The number of pyridine rings is 1. The van der Waals surface area contributed by atoms with Gasteiger partial charge in [0.1, 0.15) is 11.7 Å². The quantitative estimate of drug-likeness (QED) is 0.585. The van der Waals surface area contributed by atoms with Gasteiger partial charge in [-0.1, -0.05) is 37.3 Å². The Morgan fingerprint density at radius 1 is 1.33 bits per heavy atom. The Bertz CT molecular complexity index is 1140. The number of anilines is 1. The monoisotopic (exact) mass is 422 g/mol. The van der Waals surface area contributed by atoms with E-state index in [0.717, 1.165) is 18.2 Å². The minimum absolute atomic E-state index is 0.145. The summed E-state index contributed by atoms with van der Waals surface area (Å²) in [6.07, 6.45) is 9.99. The summed E-state index contributed by atoms with van der Waals surface area (Å²) in [7, 11) is 0. The van der Waals surface area contributed by atoms with Gasteiger partial charge in [0.05, 0.1) is 28.0 Å². The second-order valence-electron chi connectivity index (χ2n) is 8.35. The number of Topliss-reactive ketones (excluding diaryl/α,β-unsaturated/α-hetero) is 1. The fraction of sp³-hybridized carbons (Fsp3) is 0.409. The van der Waals surface area contributed by atoms with Crippen LogP contribution in [0.15, 0.2) is 24.7 Å². The van der Waals surface area contributed by atoms with E-state index in [-0.39, 0.29) is 5.78 Å². The molecule has 0 amide bonds. The summed E-state index contributed by atoms with van der Waals surface area (Å²) in [5.74, 6) is 0.921. The molecular weight excluding hydrogens is 400 g/mol. The molecule has 0 spiro atoms. The van der Waals surface area contributed by atoms with Crippen molar-refractivity contribution in [2.24, 2.45) is 5.92 Å². The minimum atomic E-state index is -0.806. The van der Waals surface area contributed by atoms with Crippen LogP contribution in [0.2, 0.25) is 5.02 Å². The van der Waals surface area contributed by atoms with Crippen LogP contribution >= 0.6 is 11.6 Å². The number of rotatable bonds is 6. The Morgan fingerprint density at radius 2 is 2.10 bits per heavy atom. The molecule has 0 atom stereocenters. The molecule has 1 aliphatic carbocycles. The lowest BCUT2D eigenvalue weighted by atomic mass is 9.90. The molecule has 154 valence electrons. The number of carbonyl (C=O) groups is 1. The van der Waals surface area contributed by atoms with Crippen LogP contribution in [0.3, 0.4) is 0 Å². The number of ketones is 1. The topological polar surface area (TPSA) is 107 Å². The van der Waals surface area contributed by atoms with E-state index in [9.17, 15) is 10.1 Å². The molecule has 3 aromatic heterocycles. The third kappa shape index (κ3) is 4.01. The van der Waals surface area contributed by atoms with E-state index in [4.69, 9.17) is 11.6 Å². The Balaban J connectivity index is 1.65. The fourth-order valence-electron chi connectivity index (χ4n) is 3.98. The molecular formula is C22H23ClN6O. The summed E-state index contributed by atoms with van der Waals surface area (Å²) >= 11 is 6.11. The molecule has 4 rings (SSSR count). The highest BCUT2D eigenvalue weighted by Crippen LogP contribution is 2.32. The first-order chi connectivity index (χ1) is 14.4. The SMILES string of the molecule is CC(C)(Nc1ncc(C#N)c(-c2c[nH]c3ncc(Cl)cc23)n1)C(=O)CC1CCCC1. The van der Waals surface area contributed by atoms with Gasteiger partial charge in [0, 0.05) is 29.8 Å². The summed E-state index contributed by atoms with van der Waals surface area (Å²) in [6, 6.07) is 3.92. The van der Waals surface area contributed by atoms with Gasteiger partial charge in [0.25, 0.3) is 0 Å². The summed E-state index contributed by atoms with van der Waals surface area (Å²) in [4.78, 5) is 29.1. The van der Waals surface area contributed by atoms with Crippen LogP contribution in [0.1, 0.15) is 51.5 Å². The first-order valence-electron chi connectivity index (χ1n) is 10.1. The van der Waals surface area contributed by atoms with Gasteiger partial charge < -0.3 is 10.3 Å². The van der Waals surface area contributed by atoms with E-state index >= 15 is 0 Å². The zero-order valence-electron chi connectivity index (χ0n) is 17.0. The van der Waals surface area contributed by atoms with Gasteiger partial charge in [-0.05, 0) is 25.8 Å². The summed E-state index contributed by atoms with van der Waals surface area (Å²) in [6.45, 7) is 3.70. The molecule has 1 fully saturated rings. The van der Waals surface area contributed by atoms with Gasteiger partial charge in [-0.25, -0.2) is 15.0 Å². The van der Waals surface area contributed by atoms with Crippen LogP contribution in [-0.4, -0.2) is 31.3 Å². The van der Waals surface area contributed by atoms with E-state index in [1.165, 1.54) is 19.0 Å². The van der Waals surface area contributed by atoms with Gasteiger partial charge in [-0.15, -0.1) is 0 Å². The number of hydrogen-bond donors (Lipinski definition) is 2. The van der Waals surface area contributed by atoms with Crippen molar-refractivity contribution in [3.8, 4) is 17.3 Å². The van der Waals surface area contributed by atoms with Crippen molar-refractivity contribution in [3.05, 3.63) is 35.2 Å². The first kappa shape index (κ1) is 20.3. The number of nitriles is 1. The lowest BCUT2D eigenvalue weighted by Crippen LogP contribution is -2.41. The van der Waals surface area contributed by atoms with Crippen LogP contribution in [0.4, 0.5) is 5.95 Å². The van der Waals surface area contributed by atoms with Gasteiger partial charge in [-0.3, -0.25) is 4.79 Å². The molecule has 30 heavy (non-hydrogen) atoms. The number of aromatic nitrogens is 4. The lowest BCUT2D eigenvalue weighted by molar-refractivity contribution is -0.123. The standard InChI is InChI=1S/C22H23ClN6O/c1-22(2,18(30)7-13-5-3-4-6-13)29-21-27-10-14(9-24)19(28-21)17-12-26-20-16(17)8-15(23)11-25-20/h8,10-13H,3-7H2,1-2H3,(H,25,26)(H,27,28,29). The van der Waals surface area contributed by atoms with E-state index in [1.54, 1.807) is 18.5 Å². The predicted molar refractivity (Wildman–Crippen MR) is 116 cm³/mol. The number of halogens is 1. The van der Waals surface area contributed by atoms with Crippen LogP contribution in [0.5, 0.6) is 0 Å². The van der Waals surface area contributed by atoms with E-state index in [2.05, 4.69) is 31.3 Å². The average molecular weight is 423 g/mol. The number of aromatic amines is 1. The molecule has 0 radical (unpaired) electrons. The van der Waals surface area contributed by atoms with Crippen molar-refractivity contribution in [2.45, 2.75) is 51.5 Å². The number of H-pyrrole nitrogens is 1. The molecule has 1 saturated carbocycles. The van der Waals surface area contributed by atoms with Gasteiger partial charge in [0.15, 0.2) is 5.78 Å². The van der Waals surface area contributed by atoms with Crippen molar-refractivity contribution in [3.63, 3.8) is 0 Å². The normalized spacial score (nSPS) is 14.7. The van der Waals surface area contributed by atoms with Crippen LogP contribution in [0, 0.1) is 17.2 Å². The van der Waals surface area contributed by atoms with Crippen molar-refractivity contribution < 1.29 is 4.79 Å². The second-order valence-corrected chi connectivity index (χ2v) is 8.78. The van der Waals surface area contributed by atoms with Gasteiger partial charge >= 0.3 is 0 Å². The van der Waals surface area contributed by atoms with Crippen molar-refractivity contribution in [2.75, 3.05) is 5.32 Å². The van der Waals surface area contributed by atoms with Crippen molar-refractivity contribution in [1.82, 2.24) is 19.9 Å². The zero-order valence-corrected chi connectivity index (χ0v) is 17.8. The minimum Gasteiger partial charge on any atom is -0.345 e. The van der Waals surface area contributed by atoms with Gasteiger partial charge in [0.2, 0.25) is 5.95 Å². The molecule has 0 unspecified atom stereocenters. The molecule has 0 bridgehead atoms. The Morgan fingerprint density at radius 3 is 2.83 bits per heavy atom. The molecule has 3 aromatic rings. The van der Waals surface area contributed by atoms with E-state index in [0.29, 0.717) is 45.8 Å². The number of hydrogen-bond acceptors (Lipinski definition) is 6. The maximum absolute atomic E-state index is 12.9. The summed E-state index contributed by atoms with van der Waals surface area (Å²) in [5.41, 5.74) is 1.34. The molecule has 1 aliphatic rings. The van der Waals surface area contributed by atoms with Crippen molar-refractivity contribution in [1.29, 1.82) is 5.26 Å². The molecule has 8 heteroatoms. The zero-order chi connectivity index (χ0) is 21.3. The van der Waals surface area contributed by atoms with Crippen LogP contribution < -0.4 is 5.32 Å². The summed E-state index contributed by atoms with van der Waals surface area (Å²) < 4.78 is 0. The maximum atomic E-state index is 12.9. The predicted octanol–water partition coefficient (Wildman–Crippen LogP) is 4.88. The Kier molecular flexibility index (Phi) is 5.44. The van der Waals surface area contributed by atoms with Gasteiger partial charge in [-0.2, -0.15) is 5.26 Å². The number of nitrogens with zero attached hydrogens (tertiary/aromatic N) is 4. The third-order valence-corrected chi connectivity index (χ3v) is 5.94. The second kappa shape index (κ2) is 8.04. The molecule has 0 saturated heterocycles. The molecule has 0 aromatic carbocycles. The molecule has 7 nitrogen and oxygen atoms in total. The fourth-order valence-corrected chi connectivity index (χ4v) is 4.14. The number of nitrogens with one attached hydrogen (secondary N) is 2. The largest absolute Gasteiger partial charge is 0.345 e. The lowest BCUT2D eigenvalue weighted by Gasteiger charge is -2.26. The Hall–Kier alpha value is -2.98. The summed E-state index contributed by atoms with van der Waals surface area (Å²) in [5, 5.41) is 14.0. The highest BCUT2D eigenvalue weighted by Gasteiger charge is 2.31. The number of fused-ring (bicyclic) bond motifs is 1. The Labute approximate surface area is 179 Å². The average Bonchev–Trinajstić information content (AvgIpc) is 3.37. The smallest absolute Gasteiger partial charge is 0.224 e.